The van der Waals surface area contributed by atoms with Crippen molar-refractivity contribution in [2.45, 2.75) is 36.1 Å². The number of halogens is 3. The Morgan fingerprint density at radius 2 is 2.08 bits per heavy atom. The lowest BCUT2D eigenvalue weighted by atomic mass is 9.86. The van der Waals surface area contributed by atoms with Crippen LogP contribution >= 0.6 is 0 Å². The van der Waals surface area contributed by atoms with Crippen molar-refractivity contribution in [2.75, 3.05) is 10.8 Å². The van der Waals surface area contributed by atoms with Gasteiger partial charge in [0.2, 0.25) is 10.0 Å². The largest absolute Gasteiger partial charge is 0.417 e. The molecular formula is C15H14F3N3O3S. The molecule has 5 atom stereocenters. The van der Waals surface area contributed by atoms with Crippen LogP contribution in [0.25, 0.3) is 0 Å². The van der Waals surface area contributed by atoms with E-state index in [4.69, 9.17) is 15.7 Å². The van der Waals surface area contributed by atoms with E-state index >= 15 is 0 Å². The monoisotopic (exact) mass is 373 g/mol. The predicted molar refractivity (Wildman–Crippen MR) is 81.0 cm³/mol. The lowest BCUT2D eigenvalue weighted by molar-refractivity contribution is -0.137. The van der Waals surface area contributed by atoms with Gasteiger partial charge in [0.05, 0.1) is 35.1 Å². The van der Waals surface area contributed by atoms with Crippen molar-refractivity contribution in [3.63, 3.8) is 0 Å². The molecule has 10 heteroatoms. The summed E-state index contributed by atoms with van der Waals surface area (Å²) in [5, 5.41) is 8.04. The van der Waals surface area contributed by atoms with E-state index in [0.29, 0.717) is 6.42 Å². The van der Waals surface area contributed by atoms with Crippen LogP contribution in [0.2, 0.25) is 0 Å². The van der Waals surface area contributed by atoms with E-state index in [1.165, 1.54) is 12.1 Å². The van der Waals surface area contributed by atoms with Gasteiger partial charge in [-0.3, -0.25) is 4.31 Å². The Morgan fingerprint density at radius 1 is 1.36 bits per heavy atom. The minimum Gasteiger partial charge on any atom is -0.371 e. The third kappa shape index (κ3) is 2.26. The standard InChI is InChI=1S/C15H14F3N3O3S/c16-15(17,18)10-3-8(2-1-7(10)5-19)21-6-9-12-4-11(20)13(24-12)14(9)25(21,22)23/h1-3,9,11-14H,4,6,20H2/t9-,11-,12+,13-,14-/m0/s1. The summed E-state index contributed by atoms with van der Waals surface area (Å²) >= 11 is 0. The number of ether oxygens (including phenoxy) is 1. The molecule has 0 saturated carbocycles. The zero-order valence-electron chi connectivity index (χ0n) is 12.8. The minimum atomic E-state index is -4.75. The Balaban J connectivity index is 1.76. The Kier molecular flexibility index (Phi) is 3.39. The number of rotatable bonds is 1. The first-order chi connectivity index (χ1) is 11.6. The summed E-state index contributed by atoms with van der Waals surface area (Å²) in [6, 6.07) is 4.06. The molecule has 4 rings (SSSR count). The molecule has 25 heavy (non-hydrogen) atoms. The van der Waals surface area contributed by atoms with Gasteiger partial charge in [-0.2, -0.15) is 18.4 Å². The van der Waals surface area contributed by atoms with Crippen molar-refractivity contribution >= 4 is 15.7 Å². The molecule has 0 aromatic heterocycles. The molecule has 0 amide bonds. The van der Waals surface area contributed by atoms with E-state index in [0.717, 1.165) is 16.4 Å². The van der Waals surface area contributed by atoms with Gasteiger partial charge in [-0.1, -0.05) is 0 Å². The highest BCUT2D eigenvalue weighted by molar-refractivity contribution is 7.93. The van der Waals surface area contributed by atoms with Crippen molar-refractivity contribution in [3.8, 4) is 6.07 Å². The first-order valence-corrected chi connectivity index (χ1v) is 9.19. The molecule has 6 nitrogen and oxygen atoms in total. The third-order valence-electron chi connectivity index (χ3n) is 5.23. The van der Waals surface area contributed by atoms with Crippen LogP contribution in [0.15, 0.2) is 18.2 Å². The summed E-state index contributed by atoms with van der Waals surface area (Å²) in [6.45, 7) is 0.0596. The van der Waals surface area contributed by atoms with Gasteiger partial charge in [0.15, 0.2) is 0 Å². The Morgan fingerprint density at radius 3 is 2.72 bits per heavy atom. The Labute approximate surface area is 142 Å². The fourth-order valence-electron chi connectivity index (χ4n) is 4.14. The number of alkyl halides is 3. The van der Waals surface area contributed by atoms with Crippen LogP contribution in [0.3, 0.4) is 0 Å². The number of sulfonamides is 1. The van der Waals surface area contributed by atoms with Gasteiger partial charge < -0.3 is 10.5 Å². The second-order valence-corrected chi connectivity index (χ2v) is 8.60. The van der Waals surface area contributed by atoms with Crippen molar-refractivity contribution in [2.24, 2.45) is 11.7 Å². The third-order valence-corrected chi connectivity index (χ3v) is 7.51. The van der Waals surface area contributed by atoms with E-state index in [9.17, 15) is 21.6 Å². The summed E-state index contributed by atoms with van der Waals surface area (Å²) in [5.74, 6) is -0.306. The van der Waals surface area contributed by atoms with Crippen molar-refractivity contribution < 1.29 is 26.3 Å². The molecular weight excluding hydrogens is 359 g/mol. The average molecular weight is 373 g/mol. The molecule has 1 aromatic rings. The fourth-order valence-corrected chi connectivity index (χ4v) is 6.53. The van der Waals surface area contributed by atoms with Gasteiger partial charge in [0.25, 0.3) is 0 Å². The van der Waals surface area contributed by atoms with Gasteiger partial charge in [0.1, 0.15) is 5.25 Å². The van der Waals surface area contributed by atoms with Gasteiger partial charge in [0, 0.05) is 18.5 Å². The SMILES string of the molecule is N#Cc1ccc(N2C[C@@H]3[C@@H]([C@H]4O[C@@H]3C[C@@H]4N)S2(=O)=O)cc1C(F)(F)F. The molecule has 0 radical (unpaired) electrons. The lowest BCUT2D eigenvalue weighted by Crippen LogP contribution is -2.46. The van der Waals surface area contributed by atoms with Crippen LogP contribution in [-0.4, -0.2) is 38.5 Å². The maximum Gasteiger partial charge on any atom is 0.417 e. The highest BCUT2D eigenvalue weighted by Crippen LogP contribution is 2.49. The average Bonchev–Trinajstić information content (AvgIpc) is 3.15. The van der Waals surface area contributed by atoms with E-state index in [1.807, 2.05) is 0 Å². The van der Waals surface area contributed by atoms with Crippen LogP contribution in [0.1, 0.15) is 17.5 Å². The zero-order valence-corrected chi connectivity index (χ0v) is 13.6. The van der Waals surface area contributed by atoms with Crippen LogP contribution in [0, 0.1) is 17.2 Å². The summed E-state index contributed by atoms with van der Waals surface area (Å²) in [7, 11) is -3.89. The number of nitriles is 1. The molecule has 2 N–H and O–H groups in total. The molecule has 0 unspecified atom stereocenters. The summed E-state index contributed by atoms with van der Waals surface area (Å²) in [4.78, 5) is 0. The zero-order chi connectivity index (χ0) is 18.1. The molecule has 0 aliphatic carbocycles. The quantitative estimate of drug-likeness (QED) is 0.798. The Bertz CT molecular complexity index is 880. The number of anilines is 1. The summed E-state index contributed by atoms with van der Waals surface area (Å²) in [6.07, 6.45) is -5.10. The second-order valence-electron chi connectivity index (χ2n) is 6.58. The topological polar surface area (TPSA) is 96.4 Å². The maximum atomic E-state index is 13.2. The molecule has 2 bridgehead atoms. The number of hydrogen-bond acceptors (Lipinski definition) is 5. The molecule has 3 saturated heterocycles. The first kappa shape index (κ1) is 16.6. The highest BCUT2D eigenvalue weighted by atomic mass is 32.2. The van der Waals surface area contributed by atoms with E-state index < -0.39 is 38.7 Å². The second kappa shape index (κ2) is 5.09. The normalized spacial score (nSPS) is 35.6. The lowest BCUT2D eigenvalue weighted by Gasteiger charge is -2.24. The molecule has 134 valence electrons. The number of nitrogens with zero attached hydrogens (tertiary/aromatic N) is 2. The van der Waals surface area contributed by atoms with E-state index in [-0.39, 0.29) is 30.3 Å². The van der Waals surface area contributed by atoms with Gasteiger partial charge in [-0.05, 0) is 24.6 Å². The van der Waals surface area contributed by atoms with Crippen LogP contribution in [-0.2, 0) is 20.9 Å². The van der Waals surface area contributed by atoms with Crippen LogP contribution in [0.4, 0.5) is 18.9 Å². The van der Waals surface area contributed by atoms with E-state index in [2.05, 4.69) is 0 Å². The maximum absolute atomic E-state index is 13.2. The molecule has 3 fully saturated rings. The molecule has 0 spiro atoms. The molecule has 1 aromatic carbocycles. The van der Waals surface area contributed by atoms with Gasteiger partial charge in [-0.25, -0.2) is 8.42 Å². The predicted octanol–water partition coefficient (Wildman–Crippen LogP) is 1.21. The van der Waals surface area contributed by atoms with E-state index in [1.54, 1.807) is 0 Å². The van der Waals surface area contributed by atoms with Crippen molar-refractivity contribution in [1.82, 2.24) is 0 Å². The van der Waals surface area contributed by atoms with Gasteiger partial charge in [-0.15, -0.1) is 0 Å². The minimum absolute atomic E-state index is 0.0596. The molecule has 3 aliphatic heterocycles. The summed E-state index contributed by atoms with van der Waals surface area (Å²) < 4.78 is 71.8. The summed E-state index contributed by atoms with van der Waals surface area (Å²) in [5.41, 5.74) is 4.13. The Hall–Kier alpha value is -1.83. The van der Waals surface area contributed by atoms with Crippen LogP contribution < -0.4 is 10.0 Å². The number of benzene rings is 1. The number of fused-ring (bicyclic) bond motifs is 5. The van der Waals surface area contributed by atoms with Crippen molar-refractivity contribution in [1.29, 1.82) is 5.26 Å². The first-order valence-electron chi connectivity index (χ1n) is 7.68. The molecule has 3 heterocycles. The number of hydrogen-bond donors (Lipinski definition) is 1. The smallest absolute Gasteiger partial charge is 0.371 e. The van der Waals surface area contributed by atoms with Crippen molar-refractivity contribution in [3.05, 3.63) is 29.3 Å². The van der Waals surface area contributed by atoms with Gasteiger partial charge >= 0.3 is 6.18 Å². The number of nitrogens with two attached hydrogens (primary N) is 1. The highest BCUT2D eigenvalue weighted by Gasteiger charge is 2.63. The fraction of sp³-hybridized carbons (Fsp3) is 0.533. The van der Waals surface area contributed by atoms with Crippen LogP contribution in [0.5, 0.6) is 0 Å². The molecule has 3 aliphatic rings.